The lowest BCUT2D eigenvalue weighted by Gasteiger charge is -2.14. The number of ether oxygens (including phenoxy) is 1. The van der Waals surface area contributed by atoms with Crippen LogP contribution in [0.15, 0.2) is 30.5 Å². The van der Waals surface area contributed by atoms with Crippen LogP contribution in [0.1, 0.15) is 12.6 Å². The fraction of sp³-hybridized carbons (Fsp3) is 0.385. The number of hydrogen-bond donors (Lipinski definition) is 2. The second-order valence-electron chi connectivity index (χ2n) is 4.80. The molecule has 1 aliphatic heterocycles. The predicted octanol–water partition coefficient (Wildman–Crippen LogP) is 1.19. The molecule has 1 saturated heterocycles. The number of aliphatic hydroxyl groups is 2. The van der Waals surface area contributed by atoms with E-state index in [1.54, 1.807) is 29.0 Å². The summed E-state index contributed by atoms with van der Waals surface area (Å²) in [7, 11) is 0. The number of rotatable bonds is 3. The molecule has 7 nitrogen and oxygen atoms in total. The molecule has 0 unspecified atom stereocenters. The number of benzene rings is 1. The number of nitro groups is 1. The molecule has 0 aliphatic carbocycles. The maximum atomic E-state index is 11.0. The van der Waals surface area contributed by atoms with Crippen LogP contribution < -0.4 is 0 Å². The monoisotopic (exact) mass is 278 g/mol. The largest absolute Gasteiger partial charge is 0.394 e. The van der Waals surface area contributed by atoms with Crippen molar-refractivity contribution in [2.45, 2.75) is 24.9 Å². The summed E-state index contributed by atoms with van der Waals surface area (Å²) in [5.41, 5.74) is 0.716. The first kappa shape index (κ1) is 13.0. The normalized spacial score (nSPS) is 26.2. The molecule has 0 radical (unpaired) electrons. The van der Waals surface area contributed by atoms with E-state index in [2.05, 4.69) is 0 Å². The zero-order valence-electron chi connectivity index (χ0n) is 10.5. The van der Waals surface area contributed by atoms with Gasteiger partial charge in [0.15, 0.2) is 0 Å². The van der Waals surface area contributed by atoms with E-state index in [-0.39, 0.29) is 12.3 Å². The van der Waals surface area contributed by atoms with Crippen molar-refractivity contribution in [3.05, 3.63) is 40.6 Å². The van der Waals surface area contributed by atoms with Crippen LogP contribution in [-0.2, 0) is 4.74 Å². The Morgan fingerprint density at radius 3 is 2.90 bits per heavy atom. The van der Waals surface area contributed by atoms with Crippen molar-refractivity contribution in [2.24, 2.45) is 0 Å². The fourth-order valence-electron chi connectivity index (χ4n) is 2.63. The second-order valence-corrected chi connectivity index (χ2v) is 4.80. The average molecular weight is 278 g/mol. The zero-order valence-corrected chi connectivity index (χ0v) is 10.5. The lowest BCUT2D eigenvalue weighted by Crippen LogP contribution is -2.24. The summed E-state index contributed by atoms with van der Waals surface area (Å²) in [4.78, 5) is 10.6. The molecule has 0 amide bonds. The fourth-order valence-corrected chi connectivity index (χ4v) is 2.63. The van der Waals surface area contributed by atoms with Crippen molar-refractivity contribution in [3.63, 3.8) is 0 Å². The average Bonchev–Trinajstić information content (AvgIpc) is 3.01. The van der Waals surface area contributed by atoms with Crippen molar-refractivity contribution in [2.75, 3.05) is 6.61 Å². The van der Waals surface area contributed by atoms with Gasteiger partial charge < -0.3 is 19.5 Å². The smallest absolute Gasteiger partial charge is 0.278 e. The minimum atomic E-state index is -0.735. The summed E-state index contributed by atoms with van der Waals surface area (Å²) < 4.78 is 7.32. The van der Waals surface area contributed by atoms with Crippen LogP contribution in [0.5, 0.6) is 0 Å². The Hall–Kier alpha value is -1.96. The number of aliphatic hydroxyl groups excluding tert-OH is 2. The van der Waals surface area contributed by atoms with Crippen LogP contribution in [0.3, 0.4) is 0 Å². The maximum absolute atomic E-state index is 11.0. The third-order valence-corrected chi connectivity index (χ3v) is 3.63. The number of nitrogens with zero attached hydrogens (tertiary/aromatic N) is 2. The SMILES string of the molecule is O=[N+]([O-])c1cccc2c1ccn2[C@H]1C[C@H](O)[C@@H](CO)O1. The molecule has 0 spiro atoms. The highest BCUT2D eigenvalue weighted by molar-refractivity contribution is 5.89. The standard InChI is InChI=1S/C13H14N2O5/c16-7-12-11(17)6-13(20-12)14-5-4-8-9(14)2-1-3-10(8)15(18)19/h1-5,11-13,16-17H,6-7H2/t11-,12+,13+/m0/s1. The van der Waals surface area contributed by atoms with Gasteiger partial charge >= 0.3 is 0 Å². The van der Waals surface area contributed by atoms with Gasteiger partial charge in [-0.05, 0) is 12.1 Å². The molecule has 2 N–H and O–H groups in total. The van der Waals surface area contributed by atoms with E-state index in [0.717, 1.165) is 0 Å². The molecule has 1 fully saturated rings. The van der Waals surface area contributed by atoms with E-state index in [1.807, 2.05) is 0 Å². The van der Waals surface area contributed by atoms with Crippen LogP contribution in [0, 0.1) is 10.1 Å². The topological polar surface area (TPSA) is 97.8 Å². The van der Waals surface area contributed by atoms with Gasteiger partial charge in [-0.1, -0.05) is 6.07 Å². The van der Waals surface area contributed by atoms with Crippen LogP contribution in [0.4, 0.5) is 5.69 Å². The number of non-ortho nitro benzene ring substituents is 1. The van der Waals surface area contributed by atoms with Crippen molar-refractivity contribution in [3.8, 4) is 0 Å². The van der Waals surface area contributed by atoms with Crippen molar-refractivity contribution in [1.29, 1.82) is 0 Å². The first-order chi connectivity index (χ1) is 9.61. The van der Waals surface area contributed by atoms with Gasteiger partial charge in [-0.3, -0.25) is 10.1 Å². The second kappa shape index (κ2) is 4.86. The highest BCUT2D eigenvalue weighted by Gasteiger charge is 2.35. The van der Waals surface area contributed by atoms with E-state index < -0.39 is 23.4 Å². The van der Waals surface area contributed by atoms with Crippen LogP contribution >= 0.6 is 0 Å². The molecular weight excluding hydrogens is 264 g/mol. The van der Waals surface area contributed by atoms with Crippen molar-refractivity contribution in [1.82, 2.24) is 4.57 Å². The van der Waals surface area contributed by atoms with Gasteiger partial charge in [0, 0.05) is 18.7 Å². The molecule has 7 heteroatoms. The van der Waals surface area contributed by atoms with E-state index in [9.17, 15) is 15.2 Å². The van der Waals surface area contributed by atoms with Crippen LogP contribution in [0.25, 0.3) is 10.9 Å². The summed E-state index contributed by atoms with van der Waals surface area (Å²) in [6.07, 6.45) is 0.269. The minimum Gasteiger partial charge on any atom is -0.394 e. The molecule has 20 heavy (non-hydrogen) atoms. The quantitative estimate of drug-likeness (QED) is 0.649. The van der Waals surface area contributed by atoms with Crippen molar-refractivity contribution < 1.29 is 19.9 Å². The lowest BCUT2D eigenvalue weighted by molar-refractivity contribution is -0.383. The van der Waals surface area contributed by atoms with Gasteiger partial charge in [-0.25, -0.2) is 0 Å². The minimum absolute atomic E-state index is 0.0403. The van der Waals surface area contributed by atoms with Gasteiger partial charge in [0.2, 0.25) is 0 Å². The van der Waals surface area contributed by atoms with Gasteiger partial charge in [0.25, 0.3) is 5.69 Å². The molecule has 0 saturated carbocycles. The molecule has 106 valence electrons. The summed E-state index contributed by atoms with van der Waals surface area (Å²) in [6.45, 7) is -0.253. The molecule has 2 aromatic rings. The first-order valence-electron chi connectivity index (χ1n) is 6.30. The number of hydrogen-bond acceptors (Lipinski definition) is 5. The Kier molecular flexibility index (Phi) is 3.17. The van der Waals surface area contributed by atoms with Crippen molar-refractivity contribution >= 4 is 16.6 Å². The van der Waals surface area contributed by atoms with E-state index in [1.165, 1.54) is 6.07 Å². The Bertz CT molecular complexity index is 653. The highest BCUT2D eigenvalue weighted by atomic mass is 16.6. The van der Waals surface area contributed by atoms with Gasteiger partial charge in [0.05, 0.1) is 28.5 Å². The Morgan fingerprint density at radius 1 is 1.45 bits per heavy atom. The molecular formula is C13H14N2O5. The molecule has 1 aromatic heterocycles. The van der Waals surface area contributed by atoms with E-state index >= 15 is 0 Å². The molecule has 2 heterocycles. The predicted molar refractivity (Wildman–Crippen MR) is 70.2 cm³/mol. The first-order valence-corrected chi connectivity index (χ1v) is 6.30. The maximum Gasteiger partial charge on any atom is 0.278 e. The number of nitro benzene ring substituents is 1. The van der Waals surface area contributed by atoms with Gasteiger partial charge in [0.1, 0.15) is 12.3 Å². The molecule has 1 aromatic carbocycles. The molecule has 3 atom stereocenters. The lowest BCUT2D eigenvalue weighted by atomic mass is 10.2. The summed E-state index contributed by atoms with van der Waals surface area (Å²) in [6, 6.07) is 6.50. The molecule has 3 rings (SSSR count). The van der Waals surface area contributed by atoms with E-state index in [4.69, 9.17) is 9.84 Å². The summed E-state index contributed by atoms with van der Waals surface area (Å²) in [5.74, 6) is 0. The van der Waals surface area contributed by atoms with Gasteiger partial charge in [-0.2, -0.15) is 0 Å². The Balaban J connectivity index is 2.02. The molecule has 0 bridgehead atoms. The third kappa shape index (κ3) is 1.96. The van der Waals surface area contributed by atoms with Gasteiger partial charge in [-0.15, -0.1) is 0 Å². The number of fused-ring (bicyclic) bond motifs is 1. The van der Waals surface area contributed by atoms with Crippen LogP contribution in [-0.4, -0.2) is 38.5 Å². The Morgan fingerprint density at radius 2 is 2.25 bits per heavy atom. The van der Waals surface area contributed by atoms with E-state index in [0.29, 0.717) is 17.3 Å². The van der Waals surface area contributed by atoms with Crippen LogP contribution in [0.2, 0.25) is 0 Å². The molecule has 1 aliphatic rings. The number of aromatic nitrogens is 1. The Labute approximate surface area is 114 Å². The summed E-state index contributed by atoms with van der Waals surface area (Å²) in [5, 5.41) is 30.4. The zero-order chi connectivity index (χ0) is 14.3. The summed E-state index contributed by atoms with van der Waals surface area (Å²) >= 11 is 0. The highest BCUT2D eigenvalue weighted by Crippen LogP contribution is 2.34. The third-order valence-electron chi connectivity index (χ3n) is 3.63.